The lowest BCUT2D eigenvalue weighted by Crippen LogP contribution is -2.07. The van der Waals surface area contributed by atoms with Crippen LogP contribution in [0.25, 0.3) is 0 Å². The smallest absolute Gasteiger partial charge is 0.130 e. The van der Waals surface area contributed by atoms with Crippen molar-refractivity contribution in [2.45, 2.75) is 33.4 Å². The van der Waals surface area contributed by atoms with Crippen LogP contribution in [0, 0.1) is 6.92 Å². The van der Waals surface area contributed by atoms with Crippen LogP contribution in [0.4, 0.5) is 0 Å². The van der Waals surface area contributed by atoms with E-state index < -0.39 is 0 Å². The summed E-state index contributed by atoms with van der Waals surface area (Å²) >= 11 is 0. The van der Waals surface area contributed by atoms with E-state index >= 15 is 0 Å². The largest absolute Gasteiger partial charge is 0.508 e. The molecule has 0 aliphatic carbocycles. The summed E-state index contributed by atoms with van der Waals surface area (Å²) in [4.78, 5) is 4.12. The first kappa shape index (κ1) is 12.5. The molecule has 0 spiro atoms. The highest BCUT2D eigenvalue weighted by molar-refractivity contribution is 5.36. The number of aromatic hydroxyl groups is 1. The van der Waals surface area contributed by atoms with Gasteiger partial charge in [0.2, 0.25) is 0 Å². The van der Waals surface area contributed by atoms with Crippen molar-refractivity contribution in [2.24, 2.45) is 0 Å². The zero-order valence-corrected chi connectivity index (χ0v) is 10.9. The quantitative estimate of drug-likeness (QED) is 0.901. The molecule has 2 aromatic rings. The molecule has 0 amide bonds. The SMILES string of the molecule is Cc1cc(O)cc(OCc2cncn2C(C)C)c1. The third-order valence-corrected chi connectivity index (χ3v) is 2.72. The third-order valence-electron chi connectivity index (χ3n) is 2.72. The van der Waals surface area contributed by atoms with Crippen molar-refractivity contribution in [1.29, 1.82) is 0 Å². The fourth-order valence-electron chi connectivity index (χ4n) is 1.88. The molecule has 0 atom stereocenters. The zero-order chi connectivity index (χ0) is 13.1. The van der Waals surface area contributed by atoms with Gasteiger partial charge in [0.05, 0.1) is 18.2 Å². The first-order valence-corrected chi connectivity index (χ1v) is 6.00. The van der Waals surface area contributed by atoms with Crippen LogP contribution in [0.1, 0.15) is 31.1 Å². The second-order valence-electron chi connectivity index (χ2n) is 4.68. The van der Waals surface area contributed by atoms with Gasteiger partial charge < -0.3 is 14.4 Å². The summed E-state index contributed by atoms with van der Waals surface area (Å²) in [5.74, 6) is 0.895. The highest BCUT2D eigenvalue weighted by atomic mass is 16.5. The molecule has 0 unspecified atom stereocenters. The maximum Gasteiger partial charge on any atom is 0.130 e. The molecule has 0 bridgehead atoms. The highest BCUT2D eigenvalue weighted by Crippen LogP contribution is 2.22. The minimum atomic E-state index is 0.224. The van der Waals surface area contributed by atoms with Crippen LogP contribution in [0.15, 0.2) is 30.7 Å². The number of imidazole rings is 1. The van der Waals surface area contributed by atoms with Crippen molar-refractivity contribution in [1.82, 2.24) is 9.55 Å². The minimum Gasteiger partial charge on any atom is -0.508 e. The van der Waals surface area contributed by atoms with E-state index in [1.165, 1.54) is 0 Å². The van der Waals surface area contributed by atoms with E-state index in [4.69, 9.17) is 4.74 Å². The predicted molar refractivity (Wildman–Crippen MR) is 69.8 cm³/mol. The van der Waals surface area contributed by atoms with E-state index in [-0.39, 0.29) is 5.75 Å². The number of phenols is 1. The normalized spacial score (nSPS) is 10.9. The number of nitrogens with zero attached hydrogens (tertiary/aromatic N) is 2. The first-order valence-electron chi connectivity index (χ1n) is 6.00. The van der Waals surface area contributed by atoms with Crippen molar-refractivity contribution in [2.75, 3.05) is 0 Å². The Bertz CT molecular complexity index is 512. The number of aromatic nitrogens is 2. The van der Waals surface area contributed by atoms with Gasteiger partial charge >= 0.3 is 0 Å². The molecule has 96 valence electrons. The summed E-state index contributed by atoms with van der Waals surface area (Å²) in [5.41, 5.74) is 1.99. The van der Waals surface area contributed by atoms with Crippen LogP contribution in [-0.4, -0.2) is 14.7 Å². The monoisotopic (exact) mass is 246 g/mol. The zero-order valence-electron chi connectivity index (χ0n) is 10.9. The third kappa shape index (κ3) is 2.83. The summed E-state index contributed by atoms with van der Waals surface area (Å²) in [7, 11) is 0. The molecule has 0 radical (unpaired) electrons. The van der Waals surface area contributed by atoms with Crippen molar-refractivity contribution in [3.63, 3.8) is 0 Å². The number of rotatable bonds is 4. The van der Waals surface area contributed by atoms with E-state index in [1.807, 2.05) is 13.0 Å². The number of aryl methyl sites for hydroxylation is 1. The van der Waals surface area contributed by atoms with Gasteiger partial charge in [0.25, 0.3) is 0 Å². The molecule has 0 fully saturated rings. The van der Waals surface area contributed by atoms with Gasteiger partial charge in [-0.25, -0.2) is 4.98 Å². The molecule has 4 heteroatoms. The lowest BCUT2D eigenvalue weighted by atomic mass is 10.2. The molecule has 1 N–H and O–H groups in total. The Morgan fingerprint density at radius 2 is 2.11 bits per heavy atom. The molecule has 4 nitrogen and oxygen atoms in total. The van der Waals surface area contributed by atoms with E-state index in [2.05, 4.69) is 23.4 Å². The fourth-order valence-corrected chi connectivity index (χ4v) is 1.88. The number of ether oxygens (including phenoxy) is 1. The molecule has 0 aliphatic rings. The summed E-state index contributed by atoms with van der Waals surface area (Å²) in [6.07, 6.45) is 3.60. The maximum absolute atomic E-state index is 9.50. The second-order valence-corrected chi connectivity index (χ2v) is 4.68. The Morgan fingerprint density at radius 1 is 1.33 bits per heavy atom. The molecule has 0 saturated heterocycles. The van der Waals surface area contributed by atoms with Gasteiger partial charge in [-0.1, -0.05) is 0 Å². The van der Waals surface area contributed by atoms with Crippen molar-refractivity contribution >= 4 is 0 Å². The lowest BCUT2D eigenvalue weighted by molar-refractivity contribution is 0.290. The number of hydrogen-bond acceptors (Lipinski definition) is 3. The average Bonchev–Trinajstić information content (AvgIpc) is 2.73. The molecule has 1 aromatic carbocycles. The summed E-state index contributed by atoms with van der Waals surface area (Å²) < 4.78 is 7.75. The summed E-state index contributed by atoms with van der Waals surface area (Å²) in [6.45, 7) is 6.57. The van der Waals surface area contributed by atoms with Crippen molar-refractivity contribution in [3.8, 4) is 11.5 Å². The molecular weight excluding hydrogens is 228 g/mol. The summed E-state index contributed by atoms with van der Waals surface area (Å²) in [5, 5.41) is 9.50. The van der Waals surface area contributed by atoms with Crippen LogP contribution in [0.3, 0.4) is 0 Å². The topological polar surface area (TPSA) is 47.3 Å². The van der Waals surface area contributed by atoms with E-state index in [9.17, 15) is 5.11 Å². The van der Waals surface area contributed by atoms with Crippen LogP contribution >= 0.6 is 0 Å². The van der Waals surface area contributed by atoms with Gasteiger partial charge in [-0.2, -0.15) is 0 Å². The van der Waals surface area contributed by atoms with Crippen LogP contribution in [0.5, 0.6) is 11.5 Å². The average molecular weight is 246 g/mol. The minimum absolute atomic E-state index is 0.224. The van der Waals surface area contributed by atoms with Gasteiger partial charge in [-0.15, -0.1) is 0 Å². The van der Waals surface area contributed by atoms with Crippen LogP contribution in [-0.2, 0) is 6.61 Å². The van der Waals surface area contributed by atoms with Crippen molar-refractivity contribution < 1.29 is 9.84 Å². The van der Waals surface area contributed by atoms with Gasteiger partial charge in [-0.05, 0) is 38.5 Å². The van der Waals surface area contributed by atoms with Gasteiger partial charge in [0.15, 0.2) is 0 Å². The maximum atomic E-state index is 9.50. The number of hydrogen-bond donors (Lipinski definition) is 1. The molecule has 1 aromatic heterocycles. The Labute approximate surface area is 107 Å². The molecule has 2 rings (SSSR count). The molecule has 18 heavy (non-hydrogen) atoms. The molecule has 0 aliphatic heterocycles. The van der Waals surface area contributed by atoms with Crippen molar-refractivity contribution in [3.05, 3.63) is 42.0 Å². The lowest BCUT2D eigenvalue weighted by Gasteiger charge is -2.13. The number of benzene rings is 1. The predicted octanol–water partition coefficient (Wildman–Crippen LogP) is 3.06. The summed E-state index contributed by atoms with van der Waals surface area (Å²) in [6, 6.07) is 5.57. The standard InChI is InChI=1S/C14H18N2O2/c1-10(2)16-9-15-7-12(16)8-18-14-5-11(3)4-13(17)6-14/h4-7,9-10,17H,8H2,1-3H3. The Morgan fingerprint density at radius 3 is 2.78 bits per heavy atom. The van der Waals surface area contributed by atoms with E-state index in [0.717, 1.165) is 11.3 Å². The molecule has 1 heterocycles. The van der Waals surface area contributed by atoms with Crippen LogP contribution in [0.2, 0.25) is 0 Å². The van der Waals surface area contributed by atoms with Gasteiger partial charge in [0, 0.05) is 12.1 Å². The van der Waals surface area contributed by atoms with Crippen LogP contribution < -0.4 is 4.74 Å². The van der Waals surface area contributed by atoms with E-state index in [0.29, 0.717) is 18.4 Å². The van der Waals surface area contributed by atoms with Gasteiger partial charge in [0.1, 0.15) is 18.1 Å². The van der Waals surface area contributed by atoms with E-state index in [1.54, 1.807) is 24.7 Å². The molecule has 0 saturated carbocycles. The first-order chi connectivity index (χ1) is 8.56. The number of phenolic OH excluding ortho intramolecular Hbond substituents is 1. The van der Waals surface area contributed by atoms with Gasteiger partial charge in [-0.3, -0.25) is 0 Å². The second kappa shape index (κ2) is 5.12. The Hall–Kier alpha value is -1.97. The molecular formula is C14H18N2O2. The Kier molecular flexibility index (Phi) is 3.55. The Balaban J connectivity index is 2.09. The fraction of sp³-hybridized carbons (Fsp3) is 0.357. The highest BCUT2D eigenvalue weighted by Gasteiger charge is 2.06.